The summed E-state index contributed by atoms with van der Waals surface area (Å²) in [7, 11) is 0. The molecule has 0 aromatic heterocycles. The van der Waals surface area contributed by atoms with Crippen molar-refractivity contribution in [3.05, 3.63) is 12.2 Å². The Labute approximate surface area is 129 Å². The van der Waals surface area contributed by atoms with Gasteiger partial charge in [-0.1, -0.05) is 104 Å². The molecule has 0 aromatic carbocycles. The summed E-state index contributed by atoms with van der Waals surface area (Å²) >= 11 is 0. The molecule has 1 atom stereocenters. The van der Waals surface area contributed by atoms with Crippen LogP contribution in [0.2, 0.25) is 0 Å². The van der Waals surface area contributed by atoms with Crippen LogP contribution in [-0.2, 0) is 0 Å². The average Bonchev–Trinajstić information content (AvgIpc) is 2.43. The Hall–Kier alpha value is -0.260. The minimum Gasteiger partial charge on any atom is -0.0883 e. The van der Waals surface area contributed by atoms with E-state index in [9.17, 15) is 0 Å². The summed E-state index contributed by atoms with van der Waals surface area (Å²) in [6.45, 7) is 9.29. The molecule has 0 heterocycles. The van der Waals surface area contributed by atoms with E-state index in [2.05, 4.69) is 39.8 Å². The Morgan fingerprint density at radius 2 is 1.25 bits per heavy atom. The molecule has 0 radical (unpaired) electrons. The largest absolute Gasteiger partial charge is 0.0883 e. The molecule has 0 nitrogen and oxygen atoms in total. The molecule has 0 N–H and O–H groups in total. The van der Waals surface area contributed by atoms with Crippen LogP contribution in [0.3, 0.4) is 0 Å². The second kappa shape index (κ2) is 15.1. The quantitative estimate of drug-likeness (QED) is 0.228. The maximum atomic E-state index is 2.49. The van der Waals surface area contributed by atoms with Gasteiger partial charge in [0.15, 0.2) is 0 Å². The monoisotopic (exact) mass is 280 g/mol. The molecule has 0 heteroatoms. The normalized spacial score (nSPS) is 13.4. The molecule has 0 aliphatic carbocycles. The molecule has 1 unspecified atom stereocenters. The van der Waals surface area contributed by atoms with Gasteiger partial charge in [-0.25, -0.2) is 0 Å². The number of allylic oxidation sites excluding steroid dienone is 2. The lowest BCUT2D eigenvalue weighted by Crippen LogP contribution is -2.05. The Morgan fingerprint density at radius 3 is 1.75 bits per heavy atom. The highest BCUT2D eigenvalue weighted by Gasteiger charge is 2.08. The highest BCUT2D eigenvalue weighted by molar-refractivity contribution is 4.89. The second-order valence-electron chi connectivity index (χ2n) is 6.74. The van der Waals surface area contributed by atoms with Crippen molar-refractivity contribution in [1.29, 1.82) is 0 Å². The molecular formula is C20H40. The van der Waals surface area contributed by atoms with Crippen LogP contribution in [0.5, 0.6) is 0 Å². The van der Waals surface area contributed by atoms with Gasteiger partial charge in [-0.2, -0.15) is 0 Å². The molecule has 0 aliphatic heterocycles. The average molecular weight is 281 g/mol. The van der Waals surface area contributed by atoms with Gasteiger partial charge in [-0.15, -0.1) is 0 Å². The Kier molecular flexibility index (Phi) is 14.9. The van der Waals surface area contributed by atoms with E-state index in [0.29, 0.717) is 0 Å². The SMILES string of the molecule is CCCC=CC(CCCCCCCCCCC)C(C)C. The summed E-state index contributed by atoms with van der Waals surface area (Å²) in [4.78, 5) is 0. The van der Waals surface area contributed by atoms with Crippen LogP contribution in [-0.4, -0.2) is 0 Å². The van der Waals surface area contributed by atoms with E-state index in [4.69, 9.17) is 0 Å². The van der Waals surface area contributed by atoms with Gasteiger partial charge in [0.1, 0.15) is 0 Å². The van der Waals surface area contributed by atoms with Crippen LogP contribution in [0.15, 0.2) is 12.2 Å². The third-order valence-corrected chi connectivity index (χ3v) is 4.34. The fourth-order valence-electron chi connectivity index (χ4n) is 2.78. The van der Waals surface area contributed by atoms with Crippen LogP contribution < -0.4 is 0 Å². The molecule has 0 amide bonds. The van der Waals surface area contributed by atoms with Gasteiger partial charge in [0.25, 0.3) is 0 Å². The smallest absolute Gasteiger partial charge is 0.0210 e. The van der Waals surface area contributed by atoms with E-state index in [1.807, 2.05) is 0 Å². The lowest BCUT2D eigenvalue weighted by atomic mass is 9.89. The van der Waals surface area contributed by atoms with Gasteiger partial charge >= 0.3 is 0 Å². The summed E-state index contributed by atoms with van der Waals surface area (Å²) in [5, 5.41) is 0. The van der Waals surface area contributed by atoms with E-state index < -0.39 is 0 Å². The van der Waals surface area contributed by atoms with Crippen molar-refractivity contribution < 1.29 is 0 Å². The van der Waals surface area contributed by atoms with Crippen LogP contribution in [0, 0.1) is 11.8 Å². The standard InChI is InChI=1S/C20H40/c1-5-7-9-10-11-12-13-14-16-18-20(19(3)4)17-15-8-6-2/h15,17,19-20H,5-14,16,18H2,1-4H3. The van der Waals surface area contributed by atoms with Crippen LogP contribution in [0.25, 0.3) is 0 Å². The summed E-state index contributed by atoms with van der Waals surface area (Å²) in [5.74, 6) is 1.61. The van der Waals surface area contributed by atoms with Crippen molar-refractivity contribution in [2.45, 2.75) is 105 Å². The molecule has 0 spiro atoms. The zero-order valence-electron chi connectivity index (χ0n) is 14.8. The fourth-order valence-corrected chi connectivity index (χ4v) is 2.78. The van der Waals surface area contributed by atoms with Crippen molar-refractivity contribution in [3.8, 4) is 0 Å². The van der Waals surface area contributed by atoms with Crippen molar-refractivity contribution in [2.24, 2.45) is 11.8 Å². The molecular weight excluding hydrogens is 240 g/mol. The Balaban J connectivity index is 3.49. The fraction of sp³-hybridized carbons (Fsp3) is 0.900. The maximum absolute atomic E-state index is 2.49. The number of unbranched alkanes of at least 4 members (excludes halogenated alkanes) is 9. The first-order valence-corrected chi connectivity index (χ1v) is 9.39. The first-order valence-electron chi connectivity index (χ1n) is 9.39. The van der Waals surface area contributed by atoms with Gasteiger partial charge in [0, 0.05) is 0 Å². The molecule has 0 rings (SSSR count). The first-order chi connectivity index (χ1) is 9.72. The zero-order valence-corrected chi connectivity index (χ0v) is 14.8. The third-order valence-electron chi connectivity index (χ3n) is 4.34. The minimum absolute atomic E-state index is 0.803. The molecule has 120 valence electrons. The minimum atomic E-state index is 0.803. The summed E-state index contributed by atoms with van der Waals surface area (Å²) < 4.78 is 0. The molecule has 0 aliphatic rings. The highest BCUT2D eigenvalue weighted by Crippen LogP contribution is 2.21. The van der Waals surface area contributed by atoms with E-state index in [1.165, 1.54) is 77.0 Å². The highest BCUT2D eigenvalue weighted by atomic mass is 14.1. The van der Waals surface area contributed by atoms with Crippen molar-refractivity contribution in [2.75, 3.05) is 0 Å². The lowest BCUT2D eigenvalue weighted by molar-refractivity contribution is 0.412. The number of rotatable bonds is 14. The Morgan fingerprint density at radius 1 is 0.700 bits per heavy atom. The van der Waals surface area contributed by atoms with Crippen LogP contribution in [0.4, 0.5) is 0 Å². The summed E-state index contributed by atoms with van der Waals surface area (Å²) in [6.07, 6.45) is 21.8. The van der Waals surface area contributed by atoms with Gasteiger partial charge in [-0.05, 0) is 24.7 Å². The zero-order chi connectivity index (χ0) is 15.1. The van der Waals surface area contributed by atoms with Gasteiger partial charge in [0.2, 0.25) is 0 Å². The molecule has 0 saturated heterocycles. The Bertz CT molecular complexity index is 202. The predicted octanol–water partition coefficient (Wildman–Crippen LogP) is 7.54. The topological polar surface area (TPSA) is 0 Å². The molecule has 0 aromatic rings. The summed E-state index contributed by atoms with van der Waals surface area (Å²) in [6, 6.07) is 0. The predicted molar refractivity (Wildman–Crippen MR) is 94.2 cm³/mol. The van der Waals surface area contributed by atoms with Gasteiger partial charge in [-0.3, -0.25) is 0 Å². The summed E-state index contributed by atoms with van der Waals surface area (Å²) in [5.41, 5.74) is 0. The van der Waals surface area contributed by atoms with Crippen molar-refractivity contribution >= 4 is 0 Å². The molecule has 20 heavy (non-hydrogen) atoms. The van der Waals surface area contributed by atoms with Crippen molar-refractivity contribution in [3.63, 3.8) is 0 Å². The van der Waals surface area contributed by atoms with Crippen LogP contribution >= 0.6 is 0 Å². The van der Waals surface area contributed by atoms with E-state index >= 15 is 0 Å². The van der Waals surface area contributed by atoms with E-state index in [-0.39, 0.29) is 0 Å². The van der Waals surface area contributed by atoms with Gasteiger partial charge in [0.05, 0.1) is 0 Å². The first kappa shape index (κ1) is 19.7. The molecule has 0 fully saturated rings. The van der Waals surface area contributed by atoms with E-state index in [0.717, 1.165) is 11.8 Å². The van der Waals surface area contributed by atoms with Gasteiger partial charge < -0.3 is 0 Å². The van der Waals surface area contributed by atoms with Crippen LogP contribution in [0.1, 0.15) is 105 Å². The van der Waals surface area contributed by atoms with Crippen molar-refractivity contribution in [1.82, 2.24) is 0 Å². The third kappa shape index (κ3) is 12.8. The second-order valence-corrected chi connectivity index (χ2v) is 6.74. The molecule has 0 saturated carbocycles. The molecule has 0 bridgehead atoms. The number of hydrogen-bond acceptors (Lipinski definition) is 0. The maximum Gasteiger partial charge on any atom is -0.0210 e. The number of hydrogen-bond donors (Lipinski definition) is 0. The lowest BCUT2D eigenvalue weighted by Gasteiger charge is -2.16. The van der Waals surface area contributed by atoms with E-state index in [1.54, 1.807) is 0 Å².